The molecular formula is C11H7N2S. The maximum absolute atomic E-state index is 4.04. The lowest BCUT2D eigenvalue weighted by molar-refractivity contribution is 0.973. The second kappa shape index (κ2) is 2.96. The number of thiophene rings is 1. The molecule has 0 saturated heterocycles. The van der Waals surface area contributed by atoms with E-state index in [1.165, 1.54) is 15.0 Å². The number of fused-ring (bicyclic) bond motifs is 1. The molecule has 0 unspecified atom stereocenters. The third-order valence-corrected chi connectivity index (χ3v) is 3.28. The molecule has 1 aliphatic rings. The van der Waals surface area contributed by atoms with E-state index < -0.39 is 0 Å². The lowest BCUT2D eigenvalue weighted by atomic mass is 10.2. The molecule has 1 aromatic carbocycles. The molecule has 2 nitrogen and oxygen atoms in total. The normalized spacial score (nSPS) is 14.4. The van der Waals surface area contributed by atoms with Crippen LogP contribution >= 0.6 is 11.3 Å². The highest BCUT2D eigenvalue weighted by molar-refractivity contribution is 7.21. The molecule has 67 valence electrons. The van der Waals surface area contributed by atoms with Gasteiger partial charge in [-0.1, -0.05) is 18.2 Å². The van der Waals surface area contributed by atoms with Gasteiger partial charge in [0.1, 0.15) is 5.71 Å². The molecular weight excluding hydrogens is 192 g/mol. The summed E-state index contributed by atoms with van der Waals surface area (Å²) in [6.45, 7) is 0. The zero-order valence-corrected chi connectivity index (χ0v) is 8.16. The summed E-state index contributed by atoms with van der Waals surface area (Å²) in [5.74, 6) is 0. The number of hydrogen-bond donors (Lipinski definition) is 0. The number of hydrogen-bond acceptors (Lipinski definition) is 2. The maximum atomic E-state index is 4.04. The van der Waals surface area contributed by atoms with Crippen molar-refractivity contribution in [3.05, 3.63) is 47.5 Å². The van der Waals surface area contributed by atoms with E-state index in [9.17, 15) is 0 Å². The molecule has 2 heterocycles. The van der Waals surface area contributed by atoms with Gasteiger partial charge in [0.05, 0.1) is 11.1 Å². The van der Waals surface area contributed by atoms with Crippen LogP contribution in [-0.4, -0.2) is 5.71 Å². The van der Waals surface area contributed by atoms with Crippen LogP contribution in [0.25, 0.3) is 10.1 Å². The van der Waals surface area contributed by atoms with Crippen molar-refractivity contribution < 1.29 is 0 Å². The van der Waals surface area contributed by atoms with Crippen LogP contribution in [0.1, 0.15) is 4.88 Å². The summed E-state index contributed by atoms with van der Waals surface area (Å²) in [4.78, 5) is 1.18. The average Bonchev–Trinajstić information content (AvgIpc) is 2.86. The molecule has 0 fully saturated rings. The van der Waals surface area contributed by atoms with Crippen molar-refractivity contribution in [2.24, 2.45) is 5.10 Å². The number of rotatable bonds is 1. The molecule has 0 saturated carbocycles. The standard InChI is InChI=1S/C11H7N2S/c1-2-4-10-8(3-1)7-11(14-10)9-5-6-12-13-9/h1-7H. The lowest BCUT2D eigenvalue weighted by Crippen LogP contribution is -1.88. The first-order valence-corrected chi connectivity index (χ1v) is 5.18. The Bertz CT molecular complexity index is 504. The van der Waals surface area contributed by atoms with Gasteiger partial charge in [-0.3, -0.25) is 0 Å². The summed E-state index contributed by atoms with van der Waals surface area (Å²) in [6, 6.07) is 10.5. The monoisotopic (exact) mass is 199 g/mol. The molecule has 0 aliphatic carbocycles. The van der Waals surface area contributed by atoms with E-state index in [2.05, 4.69) is 40.9 Å². The Kier molecular flexibility index (Phi) is 1.64. The maximum Gasteiger partial charge on any atom is 0.104 e. The van der Waals surface area contributed by atoms with Gasteiger partial charge in [0.2, 0.25) is 0 Å². The quantitative estimate of drug-likeness (QED) is 0.675. The van der Waals surface area contributed by atoms with Crippen LogP contribution in [0.4, 0.5) is 0 Å². The van der Waals surface area contributed by atoms with Gasteiger partial charge in [-0.15, -0.1) is 16.4 Å². The Morgan fingerprint density at radius 1 is 1.14 bits per heavy atom. The van der Waals surface area contributed by atoms with Crippen molar-refractivity contribution in [1.29, 1.82) is 0 Å². The number of nitrogens with zero attached hydrogens (tertiary/aromatic N) is 2. The van der Waals surface area contributed by atoms with Crippen molar-refractivity contribution in [2.45, 2.75) is 0 Å². The Hall–Kier alpha value is -1.61. The topological polar surface area (TPSA) is 26.5 Å². The summed E-state index contributed by atoms with van der Waals surface area (Å²) in [5, 5.41) is 5.32. The fraction of sp³-hybridized carbons (Fsp3) is 0. The highest BCUT2D eigenvalue weighted by Crippen LogP contribution is 2.26. The zero-order valence-electron chi connectivity index (χ0n) is 7.34. The third-order valence-electron chi connectivity index (χ3n) is 2.14. The van der Waals surface area contributed by atoms with Crippen LogP contribution in [0.15, 0.2) is 47.7 Å². The predicted octanol–water partition coefficient (Wildman–Crippen LogP) is 2.74. The Labute approximate surface area is 85.6 Å². The van der Waals surface area contributed by atoms with Gasteiger partial charge in [0.25, 0.3) is 0 Å². The van der Waals surface area contributed by atoms with Crippen molar-refractivity contribution in [2.75, 3.05) is 0 Å². The van der Waals surface area contributed by atoms with Gasteiger partial charge in [-0.25, -0.2) is 0 Å². The fourth-order valence-electron chi connectivity index (χ4n) is 1.47. The van der Waals surface area contributed by atoms with Gasteiger partial charge in [0.15, 0.2) is 0 Å². The first kappa shape index (κ1) is 7.76. The summed E-state index contributed by atoms with van der Waals surface area (Å²) in [5.41, 5.74) is 4.79. The molecule has 3 heteroatoms. The second-order valence-electron chi connectivity index (χ2n) is 3.06. The van der Waals surface area contributed by atoms with E-state index in [1.807, 2.05) is 6.08 Å². The van der Waals surface area contributed by atoms with Crippen molar-refractivity contribution in [3.63, 3.8) is 0 Å². The Morgan fingerprint density at radius 2 is 2.07 bits per heavy atom. The smallest absolute Gasteiger partial charge is 0.104 e. The SMILES string of the molecule is C1=CC(c2cc3ccccc3s2)=N[N]1. The van der Waals surface area contributed by atoms with E-state index >= 15 is 0 Å². The largest absolute Gasteiger partial charge is 0.158 e. The Morgan fingerprint density at radius 3 is 2.86 bits per heavy atom. The molecule has 0 amide bonds. The molecule has 0 atom stereocenters. The van der Waals surface area contributed by atoms with E-state index in [1.54, 1.807) is 17.5 Å². The summed E-state index contributed by atoms with van der Waals surface area (Å²) in [6.07, 6.45) is 3.66. The highest BCUT2D eigenvalue weighted by Gasteiger charge is 2.08. The first-order chi connectivity index (χ1) is 6.93. The third kappa shape index (κ3) is 1.14. The predicted molar refractivity (Wildman–Crippen MR) is 59.6 cm³/mol. The number of allylic oxidation sites excluding steroid dienone is 1. The summed E-state index contributed by atoms with van der Waals surface area (Å²) in [7, 11) is 0. The van der Waals surface area contributed by atoms with Gasteiger partial charge >= 0.3 is 0 Å². The Balaban J connectivity index is 2.19. The minimum Gasteiger partial charge on any atom is -0.158 e. The van der Waals surface area contributed by atoms with Gasteiger partial charge in [0, 0.05) is 4.70 Å². The van der Waals surface area contributed by atoms with E-state index in [-0.39, 0.29) is 0 Å². The molecule has 14 heavy (non-hydrogen) atoms. The van der Waals surface area contributed by atoms with Gasteiger partial charge < -0.3 is 0 Å². The molecule has 3 rings (SSSR count). The van der Waals surface area contributed by atoms with Crippen LogP contribution in [0.2, 0.25) is 0 Å². The zero-order chi connectivity index (χ0) is 9.38. The fourth-order valence-corrected chi connectivity index (χ4v) is 2.50. The van der Waals surface area contributed by atoms with Crippen molar-refractivity contribution >= 4 is 27.1 Å². The highest BCUT2D eigenvalue weighted by atomic mass is 32.1. The average molecular weight is 199 g/mol. The molecule has 2 aromatic rings. The minimum absolute atomic E-state index is 0.964. The van der Waals surface area contributed by atoms with Crippen molar-refractivity contribution in [1.82, 2.24) is 5.43 Å². The van der Waals surface area contributed by atoms with Crippen molar-refractivity contribution in [3.8, 4) is 0 Å². The van der Waals surface area contributed by atoms with Crippen LogP contribution in [0.5, 0.6) is 0 Å². The van der Waals surface area contributed by atoms with E-state index in [0.717, 1.165) is 5.71 Å². The second-order valence-corrected chi connectivity index (χ2v) is 4.15. The molecule has 1 aromatic heterocycles. The van der Waals surface area contributed by atoms with Gasteiger partial charge in [-0.05, 0) is 23.6 Å². The van der Waals surface area contributed by atoms with Gasteiger partial charge in [-0.2, -0.15) is 5.43 Å². The summed E-state index contributed by atoms with van der Waals surface area (Å²) < 4.78 is 1.30. The molecule has 1 radical (unpaired) electrons. The van der Waals surface area contributed by atoms with Crippen LogP contribution in [-0.2, 0) is 0 Å². The van der Waals surface area contributed by atoms with Crippen LogP contribution in [0, 0.1) is 0 Å². The first-order valence-electron chi connectivity index (χ1n) is 4.37. The van der Waals surface area contributed by atoms with E-state index in [0.29, 0.717) is 0 Å². The minimum atomic E-state index is 0.964. The van der Waals surface area contributed by atoms with Crippen LogP contribution < -0.4 is 5.43 Å². The molecule has 0 bridgehead atoms. The lowest BCUT2D eigenvalue weighted by Gasteiger charge is -1.86. The van der Waals surface area contributed by atoms with E-state index in [4.69, 9.17) is 0 Å². The van der Waals surface area contributed by atoms with Crippen LogP contribution in [0.3, 0.4) is 0 Å². The summed E-state index contributed by atoms with van der Waals surface area (Å²) >= 11 is 1.75. The molecule has 0 N–H and O–H groups in total. The molecule has 1 aliphatic heterocycles. The molecule has 0 spiro atoms. The number of benzene rings is 1.